The summed E-state index contributed by atoms with van der Waals surface area (Å²) in [6, 6.07) is 0. The maximum atomic E-state index is 15.3. The molecule has 6 nitrogen and oxygen atoms in total. The molecule has 0 fully saturated rings. The Balaban J connectivity index is 7.66. The Hall–Kier alpha value is 1.75. The topological polar surface area (TPSA) is 71.1 Å². The molecule has 0 bridgehead atoms. The van der Waals surface area contributed by atoms with Gasteiger partial charge in [-0.15, -0.1) is 0 Å². The van der Waals surface area contributed by atoms with Crippen molar-refractivity contribution >= 4 is 71.7 Å². The van der Waals surface area contributed by atoms with E-state index in [1.807, 2.05) is 135 Å². The fourth-order valence-electron chi connectivity index (χ4n) is 2.16. The highest BCUT2D eigenvalue weighted by molar-refractivity contribution is 7.82. The third-order valence-electron chi connectivity index (χ3n) is 9.28. The molecule has 236 valence electrons. The number of hydrogen-bond donors (Lipinski definition) is 0. The van der Waals surface area contributed by atoms with Crippen molar-refractivity contribution in [3.8, 4) is 0 Å². The maximum Gasteiger partial charge on any atom is 0.359 e. The average molecular weight is 702 g/mol. The van der Waals surface area contributed by atoms with Gasteiger partial charge in [-0.25, -0.2) is 0 Å². The molecule has 0 aromatic rings. The molecule has 0 amide bonds. The number of alkyl halides is 2. The van der Waals surface area contributed by atoms with Crippen molar-refractivity contribution in [3.63, 3.8) is 0 Å². The van der Waals surface area contributed by atoms with E-state index < -0.39 is 52.3 Å². The molecule has 0 rings (SSSR count). The van der Waals surface area contributed by atoms with Crippen LogP contribution in [0.5, 0.6) is 0 Å². The molecule has 0 aliphatic rings. The third-order valence-corrected chi connectivity index (χ3v) is 40.1. The predicted molar refractivity (Wildman–Crippen MR) is 183 cm³/mol. The molecule has 0 aliphatic carbocycles. The Bertz CT molecular complexity index is 833. The molecule has 0 aromatic carbocycles. The minimum atomic E-state index is -4.57. The Morgan fingerprint density at radius 2 is 0.538 bits per heavy atom. The standard InChI is InChI=1S/C25H60Cl2O6P2Si4/c1-21(2,3)36(13,14)30-34(28,31-37(15,16)22(4,5)6)25(26,27)35(29,32-38(17,18)23(7,8)9)33-39(19,20)24(10,11)12/h1-20H3. The van der Waals surface area contributed by atoms with Gasteiger partial charge < -0.3 is 16.9 Å². The molecule has 0 radical (unpaired) electrons. The summed E-state index contributed by atoms with van der Waals surface area (Å²) in [5, 5.41) is -1.41. The summed E-state index contributed by atoms with van der Waals surface area (Å²) >= 11 is 14.4. The van der Waals surface area contributed by atoms with Crippen LogP contribution in [0.2, 0.25) is 72.5 Å². The zero-order chi connectivity index (χ0) is 32.3. The Labute approximate surface area is 256 Å². The summed E-state index contributed by atoms with van der Waals surface area (Å²) in [4.78, 5) is 0. The maximum absolute atomic E-state index is 15.3. The molecular formula is C25H60Cl2O6P2Si4. The average Bonchev–Trinajstić information content (AvgIpc) is 2.55. The van der Waals surface area contributed by atoms with Gasteiger partial charge in [-0.2, -0.15) is 0 Å². The van der Waals surface area contributed by atoms with Gasteiger partial charge >= 0.3 is 19.0 Å². The molecule has 0 aromatic heterocycles. The highest BCUT2D eigenvalue weighted by Gasteiger charge is 2.70. The summed E-state index contributed by atoms with van der Waals surface area (Å²) < 4.78 is 54.4. The lowest BCUT2D eigenvalue weighted by atomic mass is 10.2. The lowest BCUT2D eigenvalue weighted by molar-refractivity contribution is 0.333. The van der Waals surface area contributed by atoms with Crippen molar-refractivity contribution in [3.05, 3.63) is 0 Å². The second-order valence-corrected chi connectivity index (χ2v) is 44.0. The normalized spacial score (nSPS) is 16.6. The Kier molecular flexibility index (Phi) is 12.1. The molecule has 0 spiro atoms. The molecule has 0 heterocycles. The van der Waals surface area contributed by atoms with Crippen LogP contribution in [-0.2, 0) is 26.0 Å². The van der Waals surface area contributed by atoms with Gasteiger partial charge in [0.1, 0.15) is 0 Å². The summed E-state index contributed by atoms with van der Waals surface area (Å²) in [6.45, 7) is 39.9. The van der Waals surface area contributed by atoms with E-state index in [4.69, 9.17) is 40.1 Å². The highest BCUT2D eigenvalue weighted by Crippen LogP contribution is 2.85. The highest BCUT2D eigenvalue weighted by atomic mass is 35.5. The monoisotopic (exact) mass is 700 g/mol. The van der Waals surface area contributed by atoms with E-state index in [9.17, 15) is 0 Å². The van der Waals surface area contributed by atoms with E-state index in [0.29, 0.717) is 0 Å². The quantitative estimate of drug-likeness (QED) is 0.128. The van der Waals surface area contributed by atoms with Crippen LogP contribution >= 0.6 is 38.4 Å². The zero-order valence-electron chi connectivity index (χ0n) is 28.6. The SMILES string of the molecule is CC(C)(C)[Si](C)(C)OP(=O)(O[Si](C)(C)C(C)(C)C)C(Cl)(Cl)P(=O)(O[Si](C)(C)C(C)(C)C)O[Si](C)(C)C(C)(C)C. The first-order valence-electron chi connectivity index (χ1n) is 13.7. The molecule has 39 heavy (non-hydrogen) atoms. The number of halogens is 2. The van der Waals surface area contributed by atoms with Crippen LogP contribution in [0, 0.1) is 0 Å². The van der Waals surface area contributed by atoms with E-state index in [2.05, 4.69) is 0 Å². The minimum Gasteiger partial charge on any atom is -0.348 e. The van der Waals surface area contributed by atoms with Gasteiger partial charge in [0, 0.05) is 0 Å². The van der Waals surface area contributed by atoms with Gasteiger partial charge in [-0.1, -0.05) is 106 Å². The van der Waals surface area contributed by atoms with Crippen LogP contribution in [0.25, 0.3) is 0 Å². The minimum absolute atomic E-state index is 0.353. The summed E-state index contributed by atoms with van der Waals surface area (Å²) in [5.41, 5.74) is 0. The van der Waals surface area contributed by atoms with Crippen molar-refractivity contribution in [2.45, 2.75) is 159 Å². The van der Waals surface area contributed by atoms with Crippen LogP contribution in [0.3, 0.4) is 0 Å². The molecule has 0 N–H and O–H groups in total. The van der Waals surface area contributed by atoms with Gasteiger partial charge in [0.15, 0.2) is 0 Å². The fraction of sp³-hybridized carbons (Fsp3) is 1.00. The molecule has 14 heteroatoms. The molecule has 0 atom stereocenters. The van der Waals surface area contributed by atoms with Crippen LogP contribution in [0.15, 0.2) is 0 Å². The van der Waals surface area contributed by atoms with Crippen LogP contribution in [0.4, 0.5) is 0 Å². The molecule has 0 unspecified atom stereocenters. The van der Waals surface area contributed by atoms with E-state index in [1.165, 1.54) is 0 Å². The van der Waals surface area contributed by atoms with Crippen molar-refractivity contribution < 1.29 is 26.0 Å². The fourth-order valence-corrected chi connectivity index (χ4v) is 24.0. The molecular weight excluding hydrogens is 641 g/mol. The lowest BCUT2D eigenvalue weighted by Crippen LogP contribution is -2.49. The number of rotatable bonds is 10. The van der Waals surface area contributed by atoms with Gasteiger partial charge in [-0.05, 0) is 72.5 Å². The van der Waals surface area contributed by atoms with Crippen LogP contribution < -0.4 is 0 Å². The van der Waals surface area contributed by atoms with E-state index in [0.717, 1.165) is 0 Å². The molecule has 0 saturated carbocycles. The van der Waals surface area contributed by atoms with E-state index in [1.54, 1.807) is 0 Å². The van der Waals surface area contributed by atoms with Gasteiger partial charge in [0.2, 0.25) is 33.3 Å². The van der Waals surface area contributed by atoms with Gasteiger partial charge in [0.25, 0.3) is 0 Å². The van der Waals surface area contributed by atoms with Crippen molar-refractivity contribution in [1.82, 2.24) is 0 Å². The van der Waals surface area contributed by atoms with Crippen molar-refractivity contribution in [2.24, 2.45) is 0 Å². The lowest BCUT2D eigenvalue weighted by Gasteiger charge is -2.50. The molecule has 0 aliphatic heterocycles. The van der Waals surface area contributed by atoms with Crippen molar-refractivity contribution in [1.29, 1.82) is 0 Å². The zero-order valence-corrected chi connectivity index (χ0v) is 35.9. The molecule has 0 saturated heterocycles. The second kappa shape index (κ2) is 11.6. The van der Waals surface area contributed by atoms with E-state index in [-0.39, 0.29) is 20.2 Å². The third kappa shape index (κ3) is 8.91. The largest absolute Gasteiger partial charge is 0.359 e. The first kappa shape index (κ1) is 40.7. The van der Waals surface area contributed by atoms with Crippen molar-refractivity contribution in [2.75, 3.05) is 0 Å². The summed E-state index contributed by atoms with van der Waals surface area (Å²) in [5.74, 6) is 0. The van der Waals surface area contributed by atoms with Gasteiger partial charge in [0.05, 0.1) is 0 Å². The smallest absolute Gasteiger partial charge is 0.348 e. The first-order valence-corrected chi connectivity index (χ1v) is 29.2. The van der Waals surface area contributed by atoms with E-state index >= 15 is 9.13 Å². The van der Waals surface area contributed by atoms with Gasteiger partial charge in [-0.3, -0.25) is 9.13 Å². The Morgan fingerprint density at radius 3 is 0.641 bits per heavy atom. The van der Waals surface area contributed by atoms with Crippen LogP contribution in [-0.4, -0.2) is 37.1 Å². The second-order valence-electron chi connectivity index (χ2n) is 16.9. The summed E-state index contributed by atoms with van der Waals surface area (Å²) in [6.07, 6.45) is 0. The Morgan fingerprint density at radius 1 is 0.410 bits per heavy atom. The summed E-state index contributed by atoms with van der Waals surface area (Å²) in [7, 11) is -20.4. The van der Waals surface area contributed by atoms with Crippen LogP contribution in [0.1, 0.15) is 83.1 Å². The first-order chi connectivity index (χ1) is 16.3. The number of hydrogen-bond acceptors (Lipinski definition) is 6. The predicted octanol–water partition coefficient (Wildman–Crippen LogP) is 12.5.